The second kappa shape index (κ2) is 4.92. The molecule has 0 saturated carbocycles. The molecule has 1 heterocycles. The van der Waals surface area contributed by atoms with Crippen LogP contribution in [0.5, 0.6) is 0 Å². The third-order valence-electron chi connectivity index (χ3n) is 2.03. The molecule has 1 unspecified atom stereocenters. The lowest BCUT2D eigenvalue weighted by atomic mass is 9.98. The fourth-order valence-electron chi connectivity index (χ4n) is 1.40. The van der Waals surface area contributed by atoms with Gasteiger partial charge in [0.25, 0.3) is 0 Å². The van der Waals surface area contributed by atoms with Gasteiger partial charge in [0.2, 0.25) is 5.91 Å². The molecule has 0 spiro atoms. The van der Waals surface area contributed by atoms with Crippen LogP contribution in [0, 0.1) is 5.92 Å². The molecule has 0 aromatic carbocycles. The first-order valence-corrected chi connectivity index (χ1v) is 3.68. The van der Waals surface area contributed by atoms with E-state index in [1.165, 1.54) is 0 Å². The van der Waals surface area contributed by atoms with Crippen molar-refractivity contribution in [2.75, 3.05) is 20.1 Å². The first-order chi connectivity index (χ1) is 4.70. The van der Waals surface area contributed by atoms with E-state index in [0.29, 0.717) is 0 Å². The van der Waals surface area contributed by atoms with E-state index in [2.05, 4.69) is 4.90 Å². The van der Waals surface area contributed by atoms with Gasteiger partial charge in [0, 0.05) is 6.54 Å². The number of carbonyl (C=O) groups is 1. The lowest BCUT2D eigenvalue weighted by Crippen LogP contribution is -2.38. The monoisotopic (exact) mass is 270 g/mol. The molecule has 4 heteroatoms. The molecular formula is C7H15IN2O. The maximum atomic E-state index is 10.7. The van der Waals surface area contributed by atoms with Crippen molar-refractivity contribution >= 4 is 29.9 Å². The summed E-state index contributed by atoms with van der Waals surface area (Å²) < 4.78 is 0. The Hall–Kier alpha value is 0.160. The Labute approximate surface area is 84.3 Å². The van der Waals surface area contributed by atoms with Crippen LogP contribution in [0.15, 0.2) is 0 Å². The van der Waals surface area contributed by atoms with Crippen molar-refractivity contribution in [2.24, 2.45) is 11.7 Å². The van der Waals surface area contributed by atoms with Crippen molar-refractivity contribution in [3.63, 3.8) is 0 Å². The quantitative estimate of drug-likeness (QED) is 0.702. The maximum Gasteiger partial charge on any atom is 0.221 e. The van der Waals surface area contributed by atoms with Crippen LogP contribution in [-0.2, 0) is 4.79 Å². The van der Waals surface area contributed by atoms with Gasteiger partial charge in [0.1, 0.15) is 0 Å². The van der Waals surface area contributed by atoms with Gasteiger partial charge in [0.15, 0.2) is 0 Å². The van der Waals surface area contributed by atoms with Crippen molar-refractivity contribution in [3.8, 4) is 0 Å². The normalized spacial score (nSPS) is 25.7. The molecule has 1 aliphatic heterocycles. The van der Waals surface area contributed by atoms with E-state index in [9.17, 15) is 4.79 Å². The summed E-state index contributed by atoms with van der Waals surface area (Å²) in [6, 6.07) is 0. The van der Waals surface area contributed by atoms with Crippen molar-refractivity contribution in [3.05, 3.63) is 0 Å². The minimum atomic E-state index is -0.147. The molecular weight excluding hydrogens is 255 g/mol. The lowest BCUT2D eigenvalue weighted by molar-refractivity contribution is -0.123. The van der Waals surface area contributed by atoms with Crippen molar-refractivity contribution < 1.29 is 4.79 Å². The Morgan fingerprint density at radius 3 is 2.64 bits per heavy atom. The molecule has 0 aromatic heterocycles. The standard InChI is InChI=1S/C7H14N2O.HI/c1-9-4-2-3-6(5-9)7(8)10;/h6H,2-5H2,1H3,(H2,8,10);1H. The highest BCUT2D eigenvalue weighted by Crippen LogP contribution is 2.13. The zero-order chi connectivity index (χ0) is 7.56. The molecule has 11 heavy (non-hydrogen) atoms. The number of halogens is 1. The molecule has 66 valence electrons. The number of nitrogens with two attached hydrogens (primary N) is 1. The largest absolute Gasteiger partial charge is 0.369 e. The molecule has 1 atom stereocenters. The summed E-state index contributed by atoms with van der Waals surface area (Å²) in [4.78, 5) is 12.8. The molecule has 1 saturated heterocycles. The van der Waals surface area contributed by atoms with Crippen molar-refractivity contribution in [1.29, 1.82) is 0 Å². The van der Waals surface area contributed by atoms with Gasteiger partial charge in [-0.3, -0.25) is 4.79 Å². The third-order valence-corrected chi connectivity index (χ3v) is 2.03. The van der Waals surface area contributed by atoms with E-state index >= 15 is 0 Å². The molecule has 1 rings (SSSR count). The SMILES string of the molecule is CN1CCCC(C(N)=O)C1.I. The lowest BCUT2D eigenvalue weighted by Gasteiger charge is -2.27. The fourth-order valence-corrected chi connectivity index (χ4v) is 1.40. The zero-order valence-electron chi connectivity index (χ0n) is 6.75. The van der Waals surface area contributed by atoms with E-state index in [1.807, 2.05) is 7.05 Å². The average Bonchev–Trinajstić information content (AvgIpc) is 1.88. The highest BCUT2D eigenvalue weighted by atomic mass is 127. The number of rotatable bonds is 1. The number of primary amides is 1. The van der Waals surface area contributed by atoms with E-state index in [0.717, 1.165) is 25.9 Å². The summed E-state index contributed by atoms with van der Waals surface area (Å²) in [6.07, 6.45) is 2.07. The predicted molar refractivity (Wildman–Crippen MR) is 54.8 cm³/mol. The van der Waals surface area contributed by atoms with Gasteiger partial charge >= 0.3 is 0 Å². The van der Waals surface area contributed by atoms with Gasteiger partial charge in [-0.1, -0.05) is 0 Å². The van der Waals surface area contributed by atoms with Gasteiger partial charge < -0.3 is 10.6 Å². The van der Waals surface area contributed by atoms with E-state index in [4.69, 9.17) is 5.73 Å². The smallest absolute Gasteiger partial charge is 0.221 e. The average molecular weight is 270 g/mol. The molecule has 1 fully saturated rings. The zero-order valence-corrected chi connectivity index (χ0v) is 9.08. The Kier molecular flexibility index (Phi) is 4.99. The number of hydrogen-bond donors (Lipinski definition) is 1. The van der Waals surface area contributed by atoms with Crippen LogP contribution < -0.4 is 5.73 Å². The molecule has 0 bridgehead atoms. The van der Waals surface area contributed by atoms with E-state index in [-0.39, 0.29) is 35.8 Å². The highest BCUT2D eigenvalue weighted by molar-refractivity contribution is 14.0. The summed E-state index contributed by atoms with van der Waals surface area (Å²) in [7, 11) is 2.02. The maximum absolute atomic E-state index is 10.7. The molecule has 0 radical (unpaired) electrons. The molecule has 1 amide bonds. The molecule has 3 nitrogen and oxygen atoms in total. The number of nitrogens with zero attached hydrogens (tertiary/aromatic N) is 1. The molecule has 0 aromatic rings. The number of amides is 1. The second-order valence-corrected chi connectivity index (χ2v) is 3.00. The number of hydrogen-bond acceptors (Lipinski definition) is 2. The van der Waals surface area contributed by atoms with Crippen LogP contribution in [0.4, 0.5) is 0 Å². The minimum Gasteiger partial charge on any atom is -0.369 e. The summed E-state index contributed by atoms with van der Waals surface area (Å²) in [5.74, 6) is -0.0506. The second-order valence-electron chi connectivity index (χ2n) is 3.00. The van der Waals surface area contributed by atoms with Crippen LogP contribution >= 0.6 is 24.0 Å². The number of likely N-dealkylation sites (tertiary alicyclic amines) is 1. The van der Waals surface area contributed by atoms with Crippen molar-refractivity contribution in [1.82, 2.24) is 4.90 Å². The summed E-state index contributed by atoms with van der Waals surface area (Å²) in [6.45, 7) is 1.94. The first-order valence-electron chi connectivity index (χ1n) is 3.68. The summed E-state index contributed by atoms with van der Waals surface area (Å²) >= 11 is 0. The Bertz CT molecular complexity index is 140. The van der Waals surface area contributed by atoms with Crippen LogP contribution in [0.25, 0.3) is 0 Å². The third kappa shape index (κ3) is 3.37. The van der Waals surface area contributed by atoms with E-state index < -0.39 is 0 Å². The predicted octanol–water partition coefficient (Wildman–Crippen LogP) is 0.431. The van der Waals surface area contributed by atoms with Gasteiger partial charge in [-0.15, -0.1) is 24.0 Å². The fraction of sp³-hybridized carbons (Fsp3) is 0.857. The van der Waals surface area contributed by atoms with Gasteiger partial charge in [-0.2, -0.15) is 0 Å². The van der Waals surface area contributed by atoms with Crippen molar-refractivity contribution in [2.45, 2.75) is 12.8 Å². The molecule has 1 aliphatic rings. The Morgan fingerprint density at radius 2 is 2.27 bits per heavy atom. The number of carbonyl (C=O) groups excluding carboxylic acids is 1. The Balaban J connectivity index is 0.000001000. The van der Waals surface area contributed by atoms with Crippen LogP contribution in [0.3, 0.4) is 0 Å². The number of piperidine rings is 1. The minimum absolute atomic E-state index is 0. The Morgan fingerprint density at radius 1 is 1.64 bits per heavy atom. The highest BCUT2D eigenvalue weighted by Gasteiger charge is 2.20. The summed E-state index contributed by atoms with van der Waals surface area (Å²) in [5, 5.41) is 0. The summed E-state index contributed by atoms with van der Waals surface area (Å²) in [5.41, 5.74) is 5.16. The first kappa shape index (κ1) is 11.2. The van der Waals surface area contributed by atoms with Crippen LogP contribution in [0.1, 0.15) is 12.8 Å². The molecule has 0 aliphatic carbocycles. The van der Waals surface area contributed by atoms with Gasteiger partial charge in [-0.25, -0.2) is 0 Å². The van der Waals surface area contributed by atoms with Crippen LogP contribution in [-0.4, -0.2) is 30.9 Å². The topological polar surface area (TPSA) is 46.3 Å². The van der Waals surface area contributed by atoms with E-state index in [1.54, 1.807) is 0 Å². The van der Waals surface area contributed by atoms with Gasteiger partial charge in [0.05, 0.1) is 5.92 Å². The van der Waals surface area contributed by atoms with Crippen LogP contribution in [0.2, 0.25) is 0 Å². The molecule has 2 N–H and O–H groups in total. The van der Waals surface area contributed by atoms with Gasteiger partial charge in [-0.05, 0) is 26.4 Å².